The number of benzene rings is 11. The van der Waals surface area contributed by atoms with Crippen LogP contribution >= 0.6 is 0 Å². The maximum absolute atomic E-state index is 2.56. The molecule has 2 nitrogen and oxygen atoms in total. The van der Waals surface area contributed by atoms with E-state index in [-0.39, 0.29) is 10.8 Å². The standard InChI is InChI=1S/C64H48N2/c1-63(2)57-29-17-15-27-49(57)51-37-53-55(39-59(51)63)61(65(45-23-7-5-8-24-45)47-33-31-41-19-11-13-21-43(41)35-47)54-38-52-50-28-16-18-30-58(50)64(3,4)60(52)40-56(54)62(53)66(46-25-9-6-10-26-46)48-34-32-42-20-12-14-22-44(42)36-48/h5-40H,1-4H3. The van der Waals surface area contributed by atoms with Crippen LogP contribution in [0.4, 0.5) is 34.1 Å². The molecule has 11 aromatic rings. The third-order valence-corrected chi connectivity index (χ3v) is 14.9. The van der Waals surface area contributed by atoms with Gasteiger partial charge in [-0.15, -0.1) is 0 Å². The molecule has 0 saturated carbocycles. The smallest absolute Gasteiger partial charge is 0.0620 e. The Hall–Kier alpha value is -7.94. The zero-order chi connectivity index (χ0) is 44.3. The number of rotatable bonds is 6. The van der Waals surface area contributed by atoms with E-state index in [0.717, 1.165) is 22.7 Å². The van der Waals surface area contributed by atoms with Crippen molar-refractivity contribution in [1.82, 2.24) is 0 Å². The first-order chi connectivity index (χ1) is 32.3. The first-order valence-electron chi connectivity index (χ1n) is 23.3. The Labute approximate surface area is 386 Å². The lowest BCUT2D eigenvalue weighted by molar-refractivity contribution is 0.661. The van der Waals surface area contributed by atoms with Crippen molar-refractivity contribution in [2.24, 2.45) is 0 Å². The zero-order valence-corrected chi connectivity index (χ0v) is 37.7. The summed E-state index contributed by atoms with van der Waals surface area (Å²) >= 11 is 0. The summed E-state index contributed by atoms with van der Waals surface area (Å²) in [6.07, 6.45) is 0. The average molecular weight is 845 g/mol. The monoisotopic (exact) mass is 844 g/mol. The second-order valence-electron chi connectivity index (χ2n) is 19.3. The second kappa shape index (κ2) is 14.3. The van der Waals surface area contributed by atoms with E-state index in [1.165, 1.54) is 99.0 Å². The number of hydrogen-bond donors (Lipinski definition) is 0. The van der Waals surface area contributed by atoms with Crippen LogP contribution in [0.15, 0.2) is 218 Å². The highest BCUT2D eigenvalue weighted by molar-refractivity contribution is 6.25. The van der Waals surface area contributed by atoms with Gasteiger partial charge in [-0.2, -0.15) is 0 Å². The highest BCUT2D eigenvalue weighted by atomic mass is 15.2. The van der Waals surface area contributed by atoms with Crippen molar-refractivity contribution in [2.75, 3.05) is 9.80 Å². The molecule has 0 bridgehead atoms. The lowest BCUT2D eigenvalue weighted by Gasteiger charge is -2.34. The highest BCUT2D eigenvalue weighted by Gasteiger charge is 2.39. The summed E-state index contributed by atoms with van der Waals surface area (Å²) < 4.78 is 0. The molecule has 0 aromatic heterocycles. The molecule has 2 heteroatoms. The molecule has 0 radical (unpaired) electrons. The van der Waals surface area contributed by atoms with Crippen molar-refractivity contribution in [3.63, 3.8) is 0 Å². The van der Waals surface area contributed by atoms with Crippen molar-refractivity contribution in [3.05, 3.63) is 241 Å². The van der Waals surface area contributed by atoms with E-state index >= 15 is 0 Å². The van der Waals surface area contributed by atoms with Crippen LogP contribution in [0.25, 0.3) is 65.3 Å². The lowest BCUT2D eigenvalue weighted by atomic mass is 9.80. The van der Waals surface area contributed by atoms with Crippen LogP contribution in [0, 0.1) is 0 Å². The van der Waals surface area contributed by atoms with E-state index in [9.17, 15) is 0 Å². The summed E-state index contributed by atoms with van der Waals surface area (Å²) in [6.45, 7) is 9.61. The molecule has 0 saturated heterocycles. The number of nitrogens with zero attached hydrogens (tertiary/aromatic N) is 2. The zero-order valence-electron chi connectivity index (χ0n) is 37.7. The van der Waals surface area contributed by atoms with Gasteiger partial charge in [0.1, 0.15) is 0 Å². The lowest BCUT2D eigenvalue weighted by Crippen LogP contribution is -2.18. The second-order valence-corrected chi connectivity index (χ2v) is 19.3. The fourth-order valence-electron chi connectivity index (χ4n) is 11.7. The molecule has 0 aliphatic heterocycles. The molecule has 11 aromatic carbocycles. The summed E-state index contributed by atoms with van der Waals surface area (Å²) in [5, 5.41) is 9.70. The third kappa shape index (κ3) is 5.61. The van der Waals surface area contributed by atoms with Gasteiger partial charge in [0, 0.05) is 55.1 Å². The van der Waals surface area contributed by atoms with Gasteiger partial charge in [-0.1, -0.05) is 173 Å². The first-order valence-corrected chi connectivity index (χ1v) is 23.3. The molecule has 0 N–H and O–H groups in total. The molecular weight excluding hydrogens is 797 g/mol. The number of para-hydroxylation sites is 2. The molecule has 66 heavy (non-hydrogen) atoms. The van der Waals surface area contributed by atoms with E-state index in [0.29, 0.717) is 0 Å². The quantitative estimate of drug-likeness (QED) is 0.122. The van der Waals surface area contributed by atoms with E-state index in [1.54, 1.807) is 0 Å². The van der Waals surface area contributed by atoms with Crippen molar-refractivity contribution < 1.29 is 0 Å². The molecule has 2 aliphatic carbocycles. The van der Waals surface area contributed by atoms with Crippen molar-refractivity contribution in [2.45, 2.75) is 38.5 Å². The SMILES string of the molecule is CC1(C)c2ccccc2-c2cc3c(N(c4ccccc4)c4ccc5ccccc5c4)c4cc5c(cc4c(N(c4ccccc4)c4ccc6ccccc6c4)c3cc21)-c1ccccc1C5(C)C. The molecule has 314 valence electrons. The minimum absolute atomic E-state index is 0.217. The minimum atomic E-state index is -0.217. The average Bonchev–Trinajstić information content (AvgIpc) is 3.72. The molecule has 0 fully saturated rings. The van der Waals surface area contributed by atoms with Crippen molar-refractivity contribution in [1.29, 1.82) is 0 Å². The predicted octanol–water partition coefficient (Wildman–Crippen LogP) is 17.9. The summed E-state index contributed by atoms with van der Waals surface area (Å²) in [5.41, 5.74) is 17.0. The number of fused-ring (bicyclic) bond motifs is 10. The molecule has 0 unspecified atom stereocenters. The van der Waals surface area contributed by atoms with Crippen LogP contribution in [0.3, 0.4) is 0 Å². The topological polar surface area (TPSA) is 6.48 Å². The minimum Gasteiger partial charge on any atom is -0.309 e. The van der Waals surface area contributed by atoms with E-state index in [2.05, 4.69) is 256 Å². The third-order valence-electron chi connectivity index (χ3n) is 14.9. The Morgan fingerprint density at radius 2 is 0.606 bits per heavy atom. The van der Waals surface area contributed by atoms with Crippen molar-refractivity contribution in [3.8, 4) is 22.3 Å². The van der Waals surface area contributed by atoms with E-state index < -0.39 is 0 Å². The van der Waals surface area contributed by atoms with Gasteiger partial charge < -0.3 is 9.80 Å². The van der Waals surface area contributed by atoms with Gasteiger partial charge in [0.15, 0.2) is 0 Å². The Morgan fingerprint density at radius 3 is 1.03 bits per heavy atom. The molecule has 0 atom stereocenters. The van der Waals surface area contributed by atoms with Gasteiger partial charge in [-0.3, -0.25) is 0 Å². The summed E-state index contributed by atoms with van der Waals surface area (Å²) in [4.78, 5) is 5.09. The fraction of sp³-hybridized carbons (Fsp3) is 0.0938. The molecule has 0 heterocycles. The molecule has 13 rings (SSSR count). The summed E-state index contributed by atoms with van der Waals surface area (Å²) in [7, 11) is 0. The fourth-order valence-corrected chi connectivity index (χ4v) is 11.7. The Bertz CT molecular complexity index is 3520. The van der Waals surface area contributed by atoms with Crippen LogP contribution in [-0.2, 0) is 10.8 Å². The highest BCUT2D eigenvalue weighted by Crippen LogP contribution is 2.59. The molecule has 2 aliphatic rings. The van der Waals surface area contributed by atoms with Crippen LogP contribution in [0.2, 0.25) is 0 Å². The van der Waals surface area contributed by atoms with Crippen LogP contribution < -0.4 is 9.80 Å². The van der Waals surface area contributed by atoms with Crippen LogP contribution in [-0.4, -0.2) is 0 Å². The van der Waals surface area contributed by atoms with Crippen LogP contribution in [0.5, 0.6) is 0 Å². The number of anilines is 6. The van der Waals surface area contributed by atoms with Gasteiger partial charge in [0.05, 0.1) is 11.4 Å². The van der Waals surface area contributed by atoms with E-state index in [1.807, 2.05) is 0 Å². The maximum atomic E-state index is 2.56. The summed E-state index contributed by atoms with van der Waals surface area (Å²) in [6, 6.07) is 81.7. The Morgan fingerprint density at radius 1 is 0.258 bits per heavy atom. The van der Waals surface area contributed by atoms with Gasteiger partial charge in [0.25, 0.3) is 0 Å². The maximum Gasteiger partial charge on any atom is 0.0620 e. The van der Waals surface area contributed by atoms with Gasteiger partial charge in [-0.05, 0) is 139 Å². The molecular formula is C64H48N2. The first kappa shape index (κ1) is 38.5. The van der Waals surface area contributed by atoms with Crippen LogP contribution in [0.1, 0.15) is 49.9 Å². The van der Waals surface area contributed by atoms with Gasteiger partial charge in [-0.25, -0.2) is 0 Å². The predicted molar refractivity (Wildman–Crippen MR) is 281 cm³/mol. The molecule has 0 amide bonds. The molecule has 0 spiro atoms. The number of hydrogen-bond acceptors (Lipinski definition) is 2. The normalized spacial score (nSPS) is 14.0. The summed E-state index contributed by atoms with van der Waals surface area (Å²) in [5.74, 6) is 0. The Kier molecular flexibility index (Phi) is 8.33. The van der Waals surface area contributed by atoms with Gasteiger partial charge >= 0.3 is 0 Å². The largest absolute Gasteiger partial charge is 0.309 e. The Balaban J connectivity index is 1.26. The van der Waals surface area contributed by atoms with Crippen molar-refractivity contribution >= 4 is 77.2 Å². The van der Waals surface area contributed by atoms with E-state index in [4.69, 9.17) is 0 Å². The van der Waals surface area contributed by atoms with Gasteiger partial charge in [0.2, 0.25) is 0 Å².